The molecular formula is C22H26N2O. The fraction of sp³-hybridized carbons (Fsp3) is 0.500. The zero-order valence-corrected chi connectivity index (χ0v) is 14.8. The molecule has 1 aliphatic carbocycles. The van der Waals surface area contributed by atoms with E-state index in [2.05, 4.69) is 52.7 Å². The van der Waals surface area contributed by atoms with E-state index in [1.54, 1.807) is 0 Å². The second-order valence-electron chi connectivity index (χ2n) is 8.27. The van der Waals surface area contributed by atoms with E-state index >= 15 is 0 Å². The van der Waals surface area contributed by atoms with Crippen LogP contribution in [0.4, 0.5) is 0 Å². The van der Waals surface area contributed by atoms with Crippen LogP contribution in [0.15, 0.2) is 42.5 Å². The van der Waals surface area contributed by atoms with Crippen LogP contribution in [-0.2, 0) is 4.79 Å². The fourth-order valence-electron chi connectivity index (χ4n) is 5.06. The fourth-order valence-corrected chi connectivity index (χ4v) is 5.06. The number of hydrogen-bond donors (Lipinski definition) is 1. The maximum atomic E-state index is 13.0. The number of amides is 1. The Hall–Kier alpha value is -1.87. The molecule has 5 rings (SSSR count). The topological polar surface area (TPSA) is 32.3 Å². The van der Waals surface area contributed by atoms with E-state index in [1.165, 1.54) is 29.2 Å². The number of rotatable bonds is 3. The number of hydrogen-bond acceptors (Lipinski definition) is 2. The highest BCUT2D eigenvalue weighted by Gasteiger charge is 2.47. The lowest BCUT2D eigenvalue weighted by molar-refractivity contribution is -0.134. The van der Waals surface area contributed by atoms with Crippen molar-refractivity contribution < 1.29 is 4.79 Å². The minimum Gasteiger partial charge on any atom is -0.342 e. The Labute approximate surface area is 149 Å². The van der Waals surface area contributed by atoms with Crippen molar-refractivity contribution in [3.8, 4) is 0 Å². The normalized spacial score (nSPS) is 33.4. The molecule has 2 bridgehead atoms. The van der Waals surface area contributed by atoms with Crippen molar-refractivity contribution >= 4 is 16.7 Å². The van der Waals surface area contributed by atoms with E-state index in [9.17, 15) is 4.79 Å². The van der Waals surface area contributed by atoms with Gasteiger partial charge < -0.3 is 10.2 Å². The van der Waals surface area contributed by atoms with Gasteiger partial charge in [-0.2, -0.15) is 0 Å². The van der Waals surface area contributed by atoms with Gasteiger partial charge in [-0.1, -0.05) is 42.5 Å². The van der Waals surface area contributed by atoms with Crippen molar-refractivity contribution in [3.63, 3.8) is 0 Å². The summed E-state index contributed by atoms with van der Waals surface area (Å²) in [5.41, 5.74) is 1.33. The highest BCUT2D eigenvalue weighted by atomic mass is 16.2. The average Bonchev–Trinajstić information content (AvgIpc) is 3.38. The van der Waals surface area contributed by atoms with Gasteiger partial charge in [0, 0.05) is 31.1 Å². The summed E-state index contributed by atoms with van der Waals surface area (Å²) in [7, 11) is 2.04. The monoisotopic (exact) mass is 334 g/mol. The van der Waals surface area contributed by atoms with Gasteiger partial charge in [-0.25, -0.2) is 0 Å². The molecule has 1 saturated carbocycles. The molecule has 0 spiro atoms. The van der Waals surface area contributed by atoms with Crippen LogP contribution in [0, 0.1) is 5.92 Å². The van der Waals surface area contributed by atoms with Crippen LogP contribution < -0.4 is 5.32 Å². The molecule has 25 heavy (non-hydrogen) atoms. The summed E-state index contributed by atoms with van der Waals surface area (Å²) in [5, 5.41) is 6.23. The molecule has 2 aromatic rings. The molecule has 3 aliphatic rings. The zero-order valence-electron chi connectivity index (χ0n) is 14.8. The Morgan fingerprint density at radius 3 is 2.48 bits per heavy atom. The van der Waals surface area contributed by atoms with Crippen LogP contribution in [0.3, 0.4) is 0 Å². The molecule has 3 heteroatoms. The number of fused-ring (bicyclic) bond motifs is 3. The summed E-state index contributed by atoms with van der Waals surface area (Å²) in [6.45, 7) is 0. The van der Waals surface area contributed by atoms with Crippen LogP contribution >= 0.6 is 0 Å². The standard InChI is InChI=1S/C22H26N2O/c1-24(19-11-17-8-9-18(12-19)23-17)22(25)21-13-20(21)16-7-6-14-4-2-3-5-15(14)10-16/h2-7,10,17-21,23H,8-9,11-13H2,1H3. The predicted octanol–water partition coefficient (Wildman–Crippen LogP) is 3.68. The molecule has 1 N–H and O–H groups in total. The third kappa shape index (κ3) is 2.75. The zero-order chi connectivity index (χ0) is 17.0. The van der Waals surface area contributed by atoms with Crippen molar-refractivity contribution in [2.24, 2.45) is 5.92 Å². The smallest absolute Gasteiger partial charge is 0.226 e. The second kappa shape index (κ2) is 5.84. The van der Waals surface area contributed by atoms with Crippen LogP contribution in [0.25, 0.3) is 10.8 Å². The first-order valence-corrected chi connectivity index (χ1v) is 9.70. The third-order valence-electron chi connectivity index (χ3n) is 6.65. The molecule has 1 amide bonds. The minimum absolute atomic E-state index is 0.193. The number of benzene rings is 2. The van der Waals surface area contributed by atoms with Gasteiger partial charge in [-0.15, -0.1) is 0 Å². The van der Waals surface area contributed by atoms with Gasteiger partial charge in [0.15, 0.2) is 0 Å². The van der Waals surface area contributed by atoms with E-state index in [1.807, 2.05) is 7.05 Å². The average molecular weight is 334 g/mol. The maximum Gasteiger partial charge on any atom is 0.226 e. The van der Waals surface area contributed by atoms with E-state index in [0.29, 0.717) is 30.0 Å². The maximum absolute atomic E-state index is 13.0. The predicted molar refractivity (Wildman–Crippen MR) is 101 cm³/mol. The summed E-state index contributed by atoms with van der Waals surface area (Å²) in [5.74, 6) is 0.973. The Bertz CT molecular complexity index is 805. The molecule has 2 aliphatic heterocycles. The lowest BCUT2D eigenvalue weighted by Gasteiger charge is -2.35. The SMILES string of the molecule is CN(C(=O)C1CC1c1ccc2ccccc2c1)C1CC2CCC(C1)N2. The first kappa shape index (κ1) is 15.4. The van der Waals surface area contributed by atoms with E-state index in [-0.39, 0.29) is 5.92 Å². The van der Waals surface area contributed by atoms with Crippen molar-refractivity contribution in [1.82, 2.24) is 10.2 Å². The molecule has 0 aromatic heterocycles. The molecule has 3 fully saturated rings. The first-order chi connectivity index (χ1) is 12.2. The first-order valence-electron chi connectivity index (χ1n) is 9.70. The summed E-state index contributed by atoms with van der Waals surface area (Å²) in [4.78, 5) is 15.1. The van der Waals surface area contributed by atoms with Gasteiger partial charge in [-0.3, -0.25) is 4.79 Å². The van der Waals surface area contributed by atoms with Crippen LogP contribution in [0.5, 0.6) is 0 Å². The molecule has 130 valence electrons. The lowest BCUT2D eigenvalue weighted by atomic mass is 9.98. The summed E-state index contributed by atoms with van der Waals surface area (Å²) >= 11 is 0. The molecule has 2 heterocycles. The Morgan fingerprint density at radius 2 is 1.72 bits per heavy atom. The van der Waals surface area contributed by atoms with Crippen molar-refractivity contribution in [2.75, 3.05) is 7.05 Å². The van der Waals surface area contributed by atoms with Gasteiger partial charge in [0.2, 0.25) is 5.91 Å². The molecule has 0 radical (unpaired) electrons. The van der Waals surface area contributed by atoms with Crippen molar-refractivity contribution in [1.29, 1.82) is 0 Å². The van der Waals surface area contributed by atoms with Gasteiger partial charge >= 0.3 is 0 Å². The Kier molecular flexibility index (Phi) is 3.60. The number of nitrogens with zero attached hydrogens (tertiary/aromatic N) is 1. The van der Waals surface area contributed by atoms with Crippen LogP contribution in [0.2, 0.25) is 0 Å². The lowest BCUT2D eigenvalue weighted by Crippen LogP contribution is -2.49. The van der Waals surface area contributed by atoms with Crippen molar-refractivity contribution in [3.05, 3.63) is 48.0 Å². The molecule has 3 nitrogen and oxygen atoms in total. The second-order valence-corrected chi connectivity index (χ2v) is 8.27. The largest absolute Gasteiger partial charge is 0.342 e. The summed E-state index contributed by atoms with van der Waals surface area (Å²) in [6, 6.07) is 16.9. The molecule has 2 saturated heterocycles. The van der Waals surface area contributed by atoms with E-state index < -0.39 is 0 Å². The van der Waals surface area contributed by atoms with Crippen LogP contribution in [0.1, 0.15) is 43.6 Å². The number of nitrogens with one attached hydrogen (secondary N) is 1. The minimum atomic E-state index is 0.193. The highest BCUT2D eigenvalue weighted by molar-refractivity contribution is 5.86. The van der Waals surface area contributed by atoms with Gasteiger partial charge in [0.1, 0.15) is 0 Å². The Morgan fingerprint density at radius 1 is 1.00 bits per heavy atom. The highest BCUT2D eigenvalue weighted by Crippen LogP contribution is 2.49. The van der Waals surface area contributed by atoms with Gasteiger partial charge in [0.25, 0.3) is 0 Å². The van der Waals surface area contributed by atoms with Crippen LogP contribution in [-0.4, -0.2) is 36.0 Å². The molecule has 4 unspecified atom stereocenters. The number of piperidine rings is 1. The summed E-state index contributed by atoms with van der Waals surface area (Å²) in [6.07, 6.45) is 5.84. The third-order valence-corrected chi connectivity index (χ3v) is 6.65. The molecular weight excluding hydrogens is 308 g/mol. The van der Waals surface area contributed by atoms with Gasteiger partial charge in [0.05, 0.1) is 0 Å². The molecule has 2 aromatic carbocycles. The van der Waals surface area contributed by atoms with E-state index in [4.69, 9.17) is 0 Å². The van der Waals surface area contributed by atoms with Gasteiger partial charge in [-0.05, 0) is 54.4 Å². The molecule has 4 atom stereocenters. The van der Waals surface area contributed by atoms with E-state index in [0.717, 1.165) is 19.3 Å². The summed E-state index contributed by atoms with van der Waals surface area (Å²) < 4.78 is 0. The quantitative estimate of drug-likeness (QED) is 0.928. The Balaban J connectivity index is 1.29. The number of carbonyl (C=O) groups is 1. The number of carbonyl (C=O) groups excluding carboxylic acids is 1. The van der Waals surface area contributed by atoms with Crippen molar-refractivity contribution in [2.45, 2.75) is 56.1 Å².